The molecule has 0 amide bonds. The van der Waals surface area contributed by atoms with Crippen LogP contribution < -0.4 is 10.5 Å². The maximum atomic E-state index is 11.6. The maximum Gasteiger partial charge on any atom is 0.328 e. The number of nitrogens with zero attached hydrogens (tertiary/aromatic N) is 3. The molecule has 2 N–H and O–H groups in total. The summed E-state index contributed by atoms with van der Waals surface area (Å²) in [6.07, 6.45) is 1.62. The largest absolute Gasteiger partial charge is 0.497 e. The zero-order valence-electron chi connectivity index (χ0n) is 11.2. The molecule has 106 valence electrons. The first-order chi connectivity index (χ1) is 9.71. The van der Waals surface area contributed by atoms with Gasteiger partial charge in [0.25, 0.3) is 0 Å². The van der Waals surface area contributed by atoms with Crippen LogP contribution in [0.2, 0.25) is 0 Å². The van der Waals surface area contributed by atoms with Gasteiger partial charge < -0.3 is 15.2 Å². The van der Waals surface area contributed by atoms with Gasteiger partial charge >= 0.3 is 5.97 Å². The number of carbonyl (C=O) groups is 1. The number of aromatic nitrogens is 3. The fourth-order valence-corrected chi connectivity index (χ4v) is 1.57. The number of hydrogen-bond acceptors (Lipinski definition) is 6. The Morgan fingerprint density at radius 1 is 1.35 bits per heavy atom. The van der Waals surface area contributed by atoms with Gasteiger partial charge in [-0.15, -0.1) is 5.10 Å². The second kappa shape index (κ2) is 6.67. The minimum absolute atomic E-state index is 0.0170. The molecule has 0 spiro atoms. The van der Waals surface area contributed by atoms with Gasteiger partial charge in [-0.1, -0.05) is 17.3 Å². The Hall–Kier alpha value is -2.41. The Labute approximate surface area is 116 Å². The highest BCUT2D eigenvalue weighted by atomic mass is 16.5. The fourth-order valence-electron chi connectivity index (χ4n) is 1.57. The summed E-state index contributed by atoms with van der Waals surface area (Å²) in [7, 11) is 1.60. The third-order valence-electron chi connectivity index (χ3n) is 2.65. The number of ether oxygens (including phenoxy) is 2. The van der Waals surface area contributed by atoms with Gasteiger partial charge in [-0.25, -0.2) is 4.68 Å². The maximum absolute atomic E-state index is 11.6. The SMILES string of the molecule is COc1ccc(COC(=O)Cn2cc(CN)nn2)cc1. The molecular formula is C13H16N4O3. The van der Waals surface area contributed by atoms with Gasteiger partial charge in [0.2, 0.25) is 0 Å². The van der Waals surface area contributed by atoms with Gasteiger partial charge in [-0.05, 0) is 17.7 Å². The van der Waals surface area contributed by atoms with Crippen LogP contribution in [0.25, 0.3) is 0 Å². The standard InChI is InChI=1S/C13H16N4O3/c1-19-12-4-2-10(3-5-12)9-20-13(18)8-17-7-11(6-14)15-16-17/h2-5,7H,6,8-9,14H2,1H3. The number of rotatable bonds is 6. The second-order valence-corrected chi connectivity index (χ2v) is 4.12. The Morgan fingerprint density at radius 3 is 2.70 bits per heavy atom. The summed E-state index contributed by atoms with van der Waals surface area (Å²) in [6.45, 7) is 0.519. The third-order valence-corrected chi connectivity index (χ3v) is 2.65. The van der Waals surface area contributed by atoms with Crippen molar-refractivity contribution < 1.29 is 14.3 Å². The van der Waals surface area contributed by atoms with Gasteiger partial charge in [0, 0.05) is 6.54 Å². The first kappa shape index (κ1) is 14.0. The second-order valence-electron chi connectivity index (χ2n) is 4.12. The van der Waals surface area contributed by atoms with Gasteiger partial charge in [-0.3, -0.25) is 4.79 Å². The fraction of sp³-hybridized carbons (Fsp3) is 0.308. The summed E-state index contributed by atoms with van der Waals surface area (Å²) in [5.41, 5.74) is 6.93. The number of esters is 1. The van der Waals surface area contributed by atoms with Crippen molar-refractivity contribution in [2.75, 3.05) is 7.11 Å². The summed E-state index contributed by atoms with van der Waals surface area (Å²) in [5, 5.41) is 7.57. The lowest BCUT2D eigenvalue weighted by molar-refractivity contribution is -0.145. The molecule has 1 aromatic heterocycles. The van der Waals surface area contributed by atoms with Gasteiger partial charge in [0.1, 0.15) is 18.9 Å². The van der Waals surface area contributed by atoms with Crippen LogP contribution >= 0.6 is 0 Å². The van der Waals surface area contributed by atoms with Crippen LogP contribution in [0.15, 0.2) is 30.5 Å². The molecule has 0 aliphatic rings. The van der Waals surface area contributed by atoms with Crippen molar-refractivity contribution in [2.24, 2.45) is 5.73 Å². The van der Waals surface area contributed by atoms with E-state index in [9.17, 15) is 4.79 Å². The van der Waals surface area contributed by atoms with E-state index in [4.69, 9.17) is 15.2 Å². The summed E-state index contributed by atoms with van der Waals surface area (Å²) in [6, 6.07) is 7.31. The van der Waals surface area contributed by atoms with Crippen molar-refractivity contribution in [2.45, 2.75) is 19.7 Å². The van der Waals surface area contributed by atoms with Crippen LogP contribution in [0.4, 0.5) is 0 Å². The predicted octanol–water partition coefficient (Wildman–Crippen LogP) is 0.489. The van der Waals surface area contributed by atoms with Crippen molar-refractivity contribution in [3.05, 3.63) is 41.7 Å². The highest BCUT2D eigenvalue weighted by Gasteiger charge is 2.07. The molecule has 0 atom stereocenters. The molecular weight excluding hydrogens is 260 g/mol. The van der Waals surface area contributed by atoms with E-state index in [1.54, 1.807) is 13.3 Å². The monoisotopic (exact) mass is 276 g/mol. The van der Waals surface area contributed by atoms with Crippen LogP contribution in [0, 0.1) is 0 Å². The lowest BCUT2D eigenvalue weighted by Gasteiger charge is -2.05. The average Bonchev–Trinajstić information content (AvgIpc) is 2.93. The number of methoxy groups -OCH3 is 1. The number of nitrogens with two attached hydrogens (primary N) is 1. The van der Waals surface area contributed by atoms with Crippen molar-refractivity contribution in [3.8, 4) is 5.75 Å². The molecule has 7 nitrogen and oxygen atoms in total. The Bertz CT molecular complexity index is 565. The minimum Gasteiger partial charge on any atom is -0.497 e. The zero-order chi connectivity index (χ0) is 14.4. The van der Waals surface area contributed by atoms with Crippen LogP contribution in [0.1, 0.15) is 11.3 Å². The van der Waals surface area contributed by atoms with Crippen molar-refractivity contribution in [3.63, 3.8) is 0 Å². The summed E-state index contributed by atoms with van der Waals surface area (Å²) in [5.74, 6) is 0.381. The summed E-state index contributed by atoms with van der Waals surface area (Å²) in [4.78, 5) is 11.6. The molecule has 0 bridgehead atoms. The van der Waals surface area contributed by atoms with Gasteiger partial charge in [0.05, 0.1) is 19.0 Å². The first-order valence-corrected chi connectivity index (χ1v) is 6.09. The van der Waals surface area contributed by atoms with E-state index in [2.05, 4.69) is 10.3 Å². The Kier molecular flexibility index (Phi) is 4.67. The molecule has 0 unspecified atom stereocenters. The van der Waals surface area contributed by atoms with Crippen molar-refractivity contribution in [1.82, 2.24) is 15.0 Å². The van der Waals surface area contributed by atoms with E-state index in [0.717, 1.165) is 11.3 Å². The molecule has 0 fully saturated rings. The third kappa shape index (κ3) is 3.79. The summed E-state index contributed by atoms with van der Waals surface area (Å²) < 4.78 is 11.6. The van der Waals surface area contributed by atoms with Crippen molar-refractivity contribution >= 4 is 5.97 Å². The molecule has 0 aliphatic heterocycles. The van der Waals surface area contributed by atoms with E-state index in [-0.39, 0.29) is 19.1 Å². The van der Waals surface area contributed by atoms with E-state index < -0.39 is 0 Å². The van der Waals surface area contributed by atoms with E-state index in [1.807, 2.05) is 24.3 Å². The predicted molar refractivity (Wildman–Crippen MR) is 70.7 cm³/mol. The molecule has 1 heterocycles. The Balaban J connectivity index is 1.82. The zero-order valence-corrected chi connectivity index (χ0v) is 11.2. The molecule has 0 saturated carbocycles. The van der Waals surface area contributed by atoms with Gasteiger partial charge in [-0.2, -0.15) is 0 Å². The summed E-state index contributed by atoms with van der Waals surface area (Å²) >= 11 is 0. The first-order valence-electron chi connectivity index (χ1n) is 6.09. The molecule has 0 radical (unpaired) electrons. The normalized spacial score (nSPS) is 10.3. The quantitative estimate of drug-likeness (QED) is 0.772. The van der Waals surface area contributed by atoms with E-state index in [1.165, 1.54) is 4.68 Å². The van der Waals surface area contributed by atoms with Crippen LogP contribution in [0.5, 0.6) is 5.75 Å². The molecule has 1 aromatic carbocycles. The molecule has 0 aliphatic carbocycles. The van der Waals surface area contributed by atoms with Crippen molar-refractivity contribution in [1.29, 1.82) is 0 Å². The average molecular weight is 276 g/mol. The smallest absolute Gasteiger partial charge is 0.328 e. The molecule has 0 saturated heterocycles. The molecule has 2 aromatic rings. The highest BCUT2D eigenvalue weighted by Crippen LogP contribution is 2.12. The van der Waals surface area contributed by atoms with Gasteiger partial charge in [0.15, 0.2) is 0 Å². The lowest BCUT2D eigenvalue weighted by atomic mass is 10.2. The Morgan fingerprint density at radius 2 is 2.10 bits per heavy atom. The lowest BCUT2D eigenvalue weighted by Crippen LogP contribution is -2.14. The number of hydrogen-bond donors (Lipinski definition) is 1. The minimum atomic E-state index is -0.380. The topological polar surface area (TPSA) is 92.3 Å². The number of carbonyl (C=O) groups excluding carboxylic acids is 1. The van der Waals surface area contributed by atoms with Crippen LogP contribution in [-0.4, -0.2) is 28.1 Å². The molecule has 2 rings (SSSR count). The molecule has 20 heavy (non-hydrogen) atoms. The highest BCUT2D eigenvalue weighted by molar-refractivity contribution is 5.69. The van der Waals surface area contributed by atoms with E-state index in [0.29, 0.717) is 12.2 Å². The van der Waals surface area contributed by atoms with Crippen LogP contribution in [-0.2, 0) is 29.2 Å². The molecule has 7 heteroatoms. The number of benzene rings is 1. The van der Waals surface area contributed by atoms with E-state index >= 15 is 0 Å². The van der Waals surface area contributed by atoms with Crippen LogP contribution in [0.3, 0.4) is 0 Å².